The molecule has 4 heteroatoms. The summed E-state index contributed by atoms with van der Waals surface area (Å²) in [5, 5.41) is 1.16. The molecule has 1 aliphatic heterocycles. The Morgan fingerprint density at radius 1 is 1.17 bits per heavy atom. The van der Waals surface area contributed by atoms with Gasteiger partial charge in [-0.25, -0.2) is 8.42 Å². The lowest BCUT2D eigenvalue weighted by Gasteiger charge is -2.11. The van der Waals surface area contributed by atoms with Crippen molar-refractivity contribution in [2.45, 2.75) is 0 Å². The van der Waals surface area contributed by atoms with E-state index >= 15 is 0 Å². The van der Waals surface area contributed by atoms with Gasteiger partial charge in [-0.15, -0.1) is 0 Å². The van der Waals surface area contributed by atoms with Gasteiger partial charge >= 0.3 is 0 Å². The van der Waals surface area contributed by atoms with E-state index in [9.17, 15) is 8.42 Å². The van der Waals surface area contributed by atoms with E-state index in [0.717, 1.165) is 11.0 Å². The lowest BCUT2D eigenvalue weighted by atomic mass is 10.2. The second kappa shape index (κ2) is 2.35. The summed E-state index contributed by atoms with van der Waals surface area (Å²) in [6.45, 7) is 0. The van der Waals surface area contributed by atoms with E-state index in [1.54, 1.807) is 18.2 Å². The Morgan fingerprint density at radius 2 is 1.92 bits per heavy atom. The van der Waals surface area contributed by atoms with Gasteiger partial charge in [0.25, 0.3) is 10.0 Å². The van der Waals surface area contributed by atoms with Crippen molar-refractivity contribution in [2.75, 3.05) is 4.72 Å². The van der Waals surface area contributed by atoms with Gasteiger partial charge in [0.1, 0.15) is 0 Å². The molecule has 0 fully saturated rings. The van der Waals surface area contributed by atoms with Crippen LogP contribution in [-0.2, 0) is 10.0 Å². The quantitative estimate of drug-likeness (QED) is 0.657. The van der Waals surface area contributed by atoms with E-state index in [2.05, 4.69) is 4.72 Å². The van der Waals surface area contributed by atoms with E-state index in [4.69, 9.17) is 0 Å². The molecule has 1 heterocycles. The largest absolute Gasteiger partial charge is 0.280 e. The second-order valence-corrected chi connectivity index (χ2v) is 4.10. The Balaban J connectivity index is 2.61. The van der Waals surface area contributed by atoms with Crippen molar-refractivity contribution in [3.63, 3.8) is 0 Å². The van der Waals surface area contributed by atoms with Crippen molar-refractivity contribution in [1.29, 1.82) is 0 Å². The SMILES string of the molecule is O=S1(=O)C=Cc2ccccc2N1. The second-order valence-electron chi connectivity index (χ2n) is 2.54. The van der Waals surface area contributed by atoms with Gasteiger partial charge in [-0.3, -0.25) is 4.72 Å². The zero-order valence-corrected chi connectivity index (χ0v) is 7.01. The van der Waals surface area contributed by atoms with Gasteiger partial charge in [-0.2, -0.15) is 0 Å². The number of sulfonamides is 1. The summed E-state index contributed by atoms with van der Waals surface area (Å²) in [7, 11) is -3.23. The molecule has 0 bridgehead atoms. The zero-order valence-electron chi connectivity index (χ0n) is 6.19. The van der Waals surface area contributed by atoms with Gasteiger partial charge in [-0.1, -0.05) is 18.2 Å². The van der Waals surface area contributed by atoms with Gasteiger partial charge in [0.2, 0.25) is 0 Å². The minimum Gasteiger partial charge on any atom is -0.280 e. The molecule has 0 saturated carbocycles. The maximum Gasteiger partial charge on any atom is 0.255 e. The number of fused-ring (bicyclic) bond motifs is 1. The van der Waals surface area contributed by atoms with Crippen LogP contribution in [0.1, 0.15) is 5.56 Å². The lowest BCUT2D eigenvalue weighted by Crippen LogP contribution is -2.12. The van der Waals surface area contributed by atoms with Crippen LogP contribution in [0.5, 0.6) is 0 Å². The molecule has 0 unspecified atom stereocenters. The first kappa shape index (κ1) is 7.36. The molecule has 3 nitrogen and oxygen atoms in total. The van der Waals surface area contributed by atoms with Crippen LogP contribution in [0, 0.1) is 0 Å². The first-order chi connectivity index (χ1) is 5.67. The van der Waals surface area contributed by atoms with Crippen LogP contribution in [-0.4, -0.2) is 8.42 Å². The van der Waals surface area contributed by atoms with Crippen LogP contribution in [0.3, 0.4) is 0 Å². The van der Waals surface area contributed by atoms with Crippen molar-refractivity contribution in [3.05, 3.63) is 35.2 Å². The maximum absolute atomic E-state index is 11.0. The molecular weight excluding hydrogens is 174 g/mol. The first-order valence-electron chi connectivity index (χ1n) is 3.47. The van der Waals surface area contributed by atoms with E-state index in [1.165, 1.54) is 0 Å². The summed E-state index contributed by atoms with van der Waals surface area (Å²) in [6, 6.07) is 7.24. The van der Waals surface area contributed by atoms with E-state index in [0.29, 0.717) is 5.69 Å². The monoisotopic (exact) mass is 181 g/mol. The molecule has 62 valence electrons. The van der Waals surface area contributed by atoms with Gasteiger partial charge in [-0.05, 0) is 17.7 Å². The average molecular weight is 181 g/mol. The molecule has 1 aliphatic rings. The summed E-state index contributed by atoms with van der Waals surface area (Å²) in [5.74, 6) is 0. The smallest absolute Gasteiger partial charge is 0.255 e. The summed E-state index contributed by atoms with van der Waals surface area (Å²) < 4.78 is 24.5. The van der Waals surface area contributed by atoms with Crippen LogP contribution in [0.2, 0.25) is 0 Å². The molecule has 0 spiro atoms. The van der Waals surface area contributed by atoms with Crippen molar-refractivity contribution < 1.29 is 8.42 Å². The Bertz CT molecular complexity index is 434. The van der Waals surface area contributed by atoms with Crippen molar-refractivity contribution >= 4 is 21.8 Å². The van der Waals surface area contributed by atoms with Gasteiger partial charge < -0.3 is 0 Å². The Kier molecular flexibility index (Phi) is 1.44. The molecule has 1 aromatic carbocycles. The topological polar surface area (TPSA) is 46.2 Å². The summed E-state index contributed by atoms with van der Waals surface area (Å²) in [6.07, 6.45) is 1.58. The van der Waals surface area contributed by atoms with E-state index in [1.807, 2.05) is 12.1 Å². The average Bonchev–Trinajstić information content (AvgIpc) is 2.02. The standard InChI is InChI=1S/C8H7NO2S/c10-12(11)6-5-7-3-1-2-4-8(7)9-12/h1-6,9H. The number of benzene rings is 1. The summed E-state index contributed by atoms with van der Waals surface area (Å²) >= 11 is 0. The van der Waals surface area contributed by atoms with Crippen LogP contribution in [0.4, 0.5) is 5.69 Å². The van der Waals surface area contributed by atoms with Crippen LogP contribution >= 0.6 is 0 Å². The fourth-order valence-electron chi connectivity index (χ4n) is 1.09. The number of rotatable bonds is 0. The molecule has 0 saturated heterocycles. The van der Waals surface area contributed by atoms with Gasteiger partial charge in [0.05, 0.1) is 11.1 Å². The van der Waals surface area contributed by atoms with Crippen molar-refractivity contribution in [2.24, 2.45) is 0 Å². The van der Waals surface area contributed by atoms with Crippen molar-refractivity contribution in [3.8, 4) is 0 Å². The minimum absolute atomic E-state index is 0.639. The molecular formula is C8H7NO2S. The highest BCUT2D eigenvalue weighted by atomic mass is 32.2. The highest BCUT2D eigenvalue weighted by Gasteiger charge is 2.12. The Labute approximate surface area is 70.8 Å². The fraction of sp³-hybridized carbons (Fsp3) is 0. The zero-order chi connectivity index (χ0) is 8.60. The van der Waals surface area contributed by atoms with Gasteiger partial charge in [0, 0.05) is 0 Å². The van der Waals surface area contributed by atoms with E-state index in [-0.39, 0.29) is 0 Å². The highest BCUT2D eigenvalue weighted by molar-refractivity contribution is 7.95. The number of anilines is 1. The highest BCUT2D eigenvalue weighted by Crippen LogP contribution is 2.22. The van der Waals surface area contributed by atoms with Crippen molar-refractivity contribution in [1.82, 2.24) is 0 Å². The third kappa shape index (κ3) is 1.21. The lowest BCUT2D eigenvalue weighted by molar-refractivity contribution is 0.609. The maximum atomic E-state index is 11.0. The predicted octanol–water partition coefficient (Wildman–Crippen LogP) is 1.41. The Hall–Kier alpha value is -1.29. The predicted molar refractivity (Wildman–Crippen MR) is 48.0 cm³/mol. The van der Waals surface area contributed by atoms with Crippen LogP contribution < -0.4 is 4.72 Å². The van der Waals surface area contributed by atoms with Crippen LogP contribution in [0.25, 0.3) is 6.08 Å². The normalized spacial score (nSPS) is 18.0. The number of hydrogen-bond acceptors (Lipinski definition) is 2. The molecule has 2 rings (SSSR count). The van der Waals surface area contributed by atoms with Crippen LogP contribution in [0.15, 0.2) is 29.7 Å². The number of hydrogen-bond donors (Lipinski definition) is 1. The molecule has 0 aliphatic carbocycles. The molecule has 0 amide bonds. The molecule has 1 N–H and O–H groups in total. The molecule has 0 radical (unpaired) electrons. The Morgan fingerprint density at radius 3 is 2.75 bits per heavy atom. The first-order valence-corrected chi connectivity index (χ1v) is 5.02. The molecule has 0 aromatic heterocycles. The summed E-state index contributed by atoms with van der Waals surface area (Å²) in [5.41, 5.74) is 1.53. The number of para-hydroxylation sites is 1. The fourth-order valence-corrected chi connectivity index (χ4v) is 1.97. The van der Waals surface area contributed by atoms with E-state index < -0.39 is 10.0 Å². The summed E-state index contributed by atoms with van der Waals surface area (Å²) in [4.78, 5) is 0. The molecule has 0 atom stereocenters. The molecule has 12 heavy (non-hydrogen) atoms. The van der Waals surface area contributed by atoms with Gasteiger partial charge in [0.15, 0.2) is 0 Å². The number of nitrogens with one attached hydrogen (secondary N) is 1. The third-order valence-electron chi connectivity index (χ3n) is 1.64. The third-order valence-corrected chi connectivity index (χ3v) is 2.64. The molecule has 1 aromatic rings. The minimum atomic E-state index is -3.23.